The van der Waals surface area contributed by atoms with Gasteiger partial charge in [-0.2, -0.15) is 5.26 Å². The summed E-state index contributed by atoms with van der Waals surface area (Å²) < 4.78 is 0. The number of nitrogens with zero attached hydrogens (tertiary/aromatic N) is 4. The summed E-state index contributed by atoms with van der Waals surface area (Å²) in [5.41, 5.74) is 4.61. The molecule has 192 valence electrons. The lowest BCUT2D eigenvalue weighted by atomic mass is 9.66. The highest BCUT2D eigenvalue weighted by Gasteiger charge is 2.52. The Balaban J connectivity index is 1.55. The van der Waals surface area contributed by atoms with Crippen LogP contribution in [0.5, 0.6) is 0 Å². The minimum Gasteiger partial charge on any atom is -0.315 e. The quantitative estimate of drug-likeness (QED) is 0.390. The minimum atomic E-state index is -0.988. The molecule has 4 heterocycles. The number of amides is 2. The van der Waals surface area contributed by atoms with Crippen molar-refractivity contribution in [2.45, 2.75) is 30.7 Å². The largest absolute Gasteiger partial charge is 0.315 e. The van der Waals surface area contributed by atoms with Gasteiger partial charge in [-0.15, -0.1) is 0 Å². The van der Waals surface area contributed by atoms with E-state index in [1.165, 1.54) is 4.90 Å². The van der Waals surface area contributed by atoms with Gasteiger partial charge in [0.05, 0.1) is 23.1 Å². The molecule has 2 aliphatic rings. The number of aromatic nitrogens is 2. The Morgan fingerprint density at radius 2 is 1.49 bits per heavy atom. The lowest BCUT2D eigenvalue weighted by Gasteiger charge is -2.44. The first-order valence-electron chi connectivity index (χ1n) is 13.1. The average molecular weight is 514 g/mol. The molecule has 7 nitrogen and oxygen atoms in total. The zero-order chi connectivity index (χ0) is 26.8. The Kier molecular flexibility index (Phi) is 6.47. The lowest BCUT2D eigenvalue weighted by Crippen LogP contribution is -2.59. The number of rotatable bonds is 6. The predicted octanol–water partition coefficient (Wildman–Crippen LogP) is 4.08. The second-order valence-electron chi connectivity index (χ2n) is 10.2. The van der Waals surface area contributed by atoms with Crippen LogP contribution >= 0.6 is 0 Å². The van der Waals surface area contributed by atoms with Crippen molar-refractivity contribution < 1.29 is 9.59 Å². The van der Waals surface area contributed by atoms with Crippen molar-refractivity contribution in [2.24, 2.45) is 0 Å². The second kappa shape index (κ2) is 10.2. The van der Waals surface area contributed by atoms with E-state index in [9.17, 15) is 14.9 Å². The summed E-state index contributed by atoms with van der Waals surface area (Å²) in [7, 11) is 0. The fraction of sp³-hybridized carbons (Fsp3) is 0.219. The van der Waals surface area contributed by atoms with E-state index >= 15 is 0 Å². The summed E-state index contributed by atoms with van der Waals surface area (Å²) in [4.78, 5) is 38.6. The van der Waals surface area contributed by atoms with Crippen molar-refractivity contribution >= 4 is 11.8 Å². The molecule has 2 amide bonds. The Bertz CT molecular complexity index is 1510. The van der Waals surface area contributed by atoms with E-state index in [2.05, 4.69) is 21.4 Å². The fourth-order valence-corrected chi connectivity index (χ4v) is 5.92. The molecular weight excluding hydrogens is 486 g/mol. The van der Waals surface area contributed by atoms with Crippen molar-refractivity contribution in [1.82, 2.24) is 20.2 Å². The number of hydrogen-bond donors (Lipinski definition) is 1. The van der Waals surface area contributed by atoms with Crippen molar-refractivity contribution in [3.05, 3.63) is 119 Å². The number of carbonyl (C=O) groups is 2. The van der Waals surface area contributed by atoms with Gasteiger partial charge in [0.1, 0.15) is 0 Å². The van der Waals surface area contributed by atoms with Gasteiger partial charge in [0.25, 0.3) is 5.91 Å². The van der Waals surface area contributed by atoms with Crippen molar-refractivity contribution in [3.8, 4) is 17.2 Å². The average Bonchev–Trinajstić information content (AvgIpc) is 3.52. The van der Waals surface area contributed by atoms with Crippen LogP contribution in [0.1, 0.15) is 39.0 Å². The van der Waals surface area contributed by atoms with E-state index in [1.54, 1.807) is 36.9 Å². The van der Waals surface area contributed by atoms with E-state index in [-0.39, 0.29) is 17.9 Å². The molecule has 39 heavy (non-hydrogen) atoms. The van der Waals surface area contributed by atoms with E-state index < -0.39 is 5.41 Å². The molecule has 2 aromatic heterocycles. The highest BCUT2D eigenvalue weighted by molar-refractivity contribution is 6.14. The molecule has 1 unspecified atom stereocenters. The smallest absolute Gasteiger partial charge is 0.261 e. The maximum Gasteiger partial charge on any atom is 0.261 e. The highest BCUT2D eigenvalue weighted by Crippen LogP contribution is 2.43. The van der Waals surface area contributed by atoms with Crippen LogP contribution in [0.25, 0.3) is 11.1 Å². The van der Waals surface area contributed by atoms with E-state index in [0.29, 0.717) is 30.5 Å². The molecule has 0 bridgehead atoms. The molecule has 1 N–H and O–H groups in total. The van der Waals surface area contributed by atoms with Crippen LogP contribution in [0.3, 0.4) is 0 Å². The Hall–Kier alpha value is -4.67. The molecule has 0 aliphatic carbocycles. The molecule has 0 radical (unpaired) electrons. The number of pyridine rings is 2. The van der Waals surface area contributed by atoms with Crippen LogP contribution in [0.4, 0.5) is 0 Å². The molecule has 2 aliphatic heterocycles. The van der Waals surface area contributed by atoms with Gasteiger partial charge in [-0.05, 0) is 96.1 Å². The van der Waals surface area contributed by atoms with Crippen LogP contribution in [0, 0.1) is 11.3 Å². The third kappa shape index (κ3) is 4.49. The molecular formula is C32H27N5O2. The molecule has 2 aromatic carbocycles. The molecule has 4 aromatic rings. The SMILES string of the molecule is N#Cc1ccc(-c2ccc3c(c2)C(=O)N(C2CCNC2)C(=O)C3(Cc2ccncc2)Cc2ccncc2)cc1. The summed E-state index contributed by atoms with van der Waals surface area (Å²) >= 11 is 0. The molecule has 1 fully saturated rings. The monoisotopic (exact) mass is 513 g/mol. The summed E-state index contributed by atoms with van der Waals surface area (Å²) in [6.07, 6.45) is 8.54. The Morgan fingerprint density at radius 1 is 0.872 bits per heavy atom. The molecule has 7 heteroatoms. The topological polar surface area (TPSA) is 99.0 Å². The second-order valence-corrected chi connectivity index (χ2v) is 10.2. The molecule has 1 atom stereocenters. The van der Waals surface area contributed by atoms with Crippen LogP contribution in [-0.2, 0) is 23.1 Å². The number of nitriles is 1. The molecule has 6 rings (SSSR count). The van der Waals surface area contributed by atoms with Gasteiger partial charge in [0.2, 0.25) is 5.91 Å². The maximum atomic E-state index is 14.7. The van der Waals surface area contributed by atoms with Crippen molar-refractivity contribution in [1.29, 1.82) is 5.26 Å². The zero-order valence-electron chi connectivity index (χ0n) is 21.4. The number of fused-ring (bicyclic) bond motifs is 1. The number of benzene rings is 2. The van der Waals surface area contributed by atoms with Crippen LogP contribution in [-0.4, -0.2) is 45.8 Å². The molecule has 1 saturated heterocycles. The first-order chi connectivity index (χ1) is 19.1. The van der Waals surface area contributed by atoms with Gasteiger partial charge in [-0.1, -0.05) is 24.3 Å². The predicted molar refractivity (Wildman–Crippen MR) is 147 cm³/mol. The summed E-state index contributed by atoms with van der Waals surface area (Å²) in [5.74, 6) is -0.410. The number of imide groups is 1. The van der Waals surface area contributed by atoms with Gasteiger partial charge in [-0.3, -0.25) is 24.5 Å². The molecule has 0 spiro atoms. The normalized spacial score (nSPS) is 18.0. The number of hydrogen-bond acceptors (Lipinski definition) is 6. The third-order valence-corrected chi connectivity index (χ3v) is 7.87. The van der Waals surface area contributed by atoms with E-state index in [0.717, 1.165) is 40.8 Å². The van der Waals surface area contributed by atoms with Gasteiger partial charge in [-0.25, -0.2) is 0 Å². The van der Waals surface area contributed by atoms with Crippen molar-refractivity contribution in [3.63, 3.8) is 0 Å². The van der Waals surface area contributed by atoms with Gasteiger partial charge >= 0.3 is 0 Å². The summed E-state index contributed by atoms with van der Waals surface area (Å²) in [5, 5.41) is 12.5. The minimum absolute atomic E-state index is 0.159. The number of carbonyl (C=O) groups excluding carboxylic acids is 2. The first-order valence-corrected chi connectivity index (χ1v) is 13.1. The maximum absolute atomic E-state index is 14.7. The van der Waals surface area contributed by atoms with Crippen LogP contribution in [0.15, 0.2) is 91.5 Å². The van der Waals surface area contributed by atoms with Crippen LogP contribution in [0.2, 0.25) is 0 Å². The van der Waals surface area contributed by atoms with Gasteiger partial charge < -0.3 is 5.32 Å². The Labute approximate surface area is 227 Å². The zero-order valence-corrected chi connectivity index (χ0v) is 21.4. The highest BCUT2D eigenvalue weighted by atomic mass is 16.2. The van der Waals surface area contributed by atoms with Gasteiger partial charge in [0, 0.05) is 36.9 Å². The first kappa shape index (κ1) is 24.7. The summed E-state index contributed by atoms with van der Waals surface area (Å²) in [6.45, 7) is 1.35. The summed E-state index contributed by atoms with van der Waals surface area (Å²) in [6, 6.07) is 22.8. The number of nitrogens with one attached hydrogen (secondary N) is 1. The van der Waals surface area contributed by atoms with E-state index in [4.69, 9.17) is 0 Å². The lowest BCUT2D eigenvalue weighted by molar-refractivity contribution is -0.137. The Morgan fingerprint density at radius 3 is 2.05 bits per heavy atom. The van der Waals surface area contributed by atoms with Gasteiger partial charge in [0.15, 0.2) is 0 Å². The van der Waals surface area contributed by atoms with Crippen LogP contribution < -0.4 is 5.32 Å². The van der Waals surface area contributed by atoms with Crippen molar-refractivity contribution in [2.75, 3.05) is 13.1 Å². The third-order valence-electron chi connectivity index (χ3n) is 7.87. The standard InChI is InChI=1S/C32H27N5O2/c33-20-24-1-3-25(4-2-24)26-5-6-29-28(17-26)30(38)37(27-11-16-36-21-27)31(39)32(29,18-22-7-12-34-13-8-22)19-23-9-14-35-15-10-23/h1-10,12-15,17,27,36H,11,16,18-19,21H2. The van der Waals surface area contributed by atoms with E-state index in [1.807, 2.05) is 54.6 Å². The molecule has 0 saturated carbocycles. The fourth-order valence-electron chi connectivity index (χ4n) is 5.92.